The summed E-state index contributed by atoms with van der Waals surface area (Å²) in [5, 5.41) is 5.94. The van der Waals surface area contributed by atoms with Gasteiger partial charge in [-0.2, -0.15) is 0 Å². The molecule has 0 saturated carbocycles. The number of nitrogens with one attached hydrogen (secondary N) is 2. The molecule has 0 saturated heterocycles. The van der Waals surface area contributed by atoms with Gasteiger partial charge in [0.25, 0.3) is 0 Å². The van der Waals surface area contributed by atoms with E-state index in [-0.39, 0.29) is 7.35 Å². The minimum absolute atomic E-state index is 0.354. The van der Waals surface area contributed by atoms with Crippen LogP contribution in [-0.2, 0) is 25.5 Å². The van der Waals surface area contributed by atoms with Gasteiger partial charge in [-0.1, -0.05) is 0 Å². The number of carbonyl (C=O) groups excluding carboxylic acids is 2. The first-order chi connectivity index (χ1) is 23.2. The van der Waals surface area contributed by atoms with Crippen LogP contribution >= 0.6 is 17.2 Å². The van der Waals surface area contributed by atoms with E-state index in [2.05, 4.69) is 135 Å². The summed E-state index contributed by atoms with van der Waals surface area (Å²) in [5.41, 5.74) is 13.7. The summed E-state index contributed by atoms with van der Waals surface area (Å²) in [6.07, 6.45) is 9.26. The molecule has 2 aliphatic carbocycles. The van der Waals surface area contributed by atoms with E-state index in [0.29, 0.717) is 12.8 Å². The van der Waals surface area contributed by atoms with Crippen molar-refractivity contribution < 1.29 is 25.5 Å². The molecule has 0 radical (unpaired) electrons. The minimum atomic E-state index is -5.95. The van der Waals surface area contributed by atoms with Crippen LogP contribution in [0.25, 0.3) is 34.4 Å². The van der Waals surface area contributed by atoms with Crippen LogP contribution in [0.15, 0.2) is 96.1 Å². The Labute approximate surface area is 293 Å². The molecule has 4 nitrogen and oxygen atoms in total. The molecule has 6 rings (SSSR count). The Morgan fingerprint density at radius 1 is 0.625 bits per heavy atom. The molecule has 2 amide bonds. The van der Waals surface area contributed by atoms with Gasteiger partial charge in [0.2, 0.25) is 0 Å². The van der Waals surface area contributed by atoms with Crippen LogP contribution in [0.1, 0.15) is 80.3 Å². The third-order valence-corrected chi connectivity index (χ3v) is 39.1. The van der Waals surface area contributed by atoms with Crippen molar-refractivity contribution in [1.82, 2.24) is 10.5 Å². The van der Waals surface area contributed by atoms with Crippen LogP contribution in [0, 0.1) is 13.8 Å². The monoisotopic (exact) mass is 843 g/mol. The van der Waals surface area contributed by atoms with E-state index in [0.717, 1.165) is 70.2 Å². The van der Waals surface area contributed by atoms with Gasteiger partial charge in [0.05, 0.1) is 0 Å². The summed E-state index contributed by atoms with van der Waals surface area (Å²) in [6.45, 7) is 8.61. The molecular weight excluding hydrogens is 801 g/mol. The van der Waals surface area contributed by atoms with Crippen molar-refractivity contribution in [3.8, 4) is 22.3 Å². The number of carbonyl (C=O) groups is 2. The summed E-state index contributed by atoms with van der Waals surface area (Å²) >= 11 is -5.95. The molecule has 2 unspecified atom stereocenters. The number of amides is 2. The van der Waals surface area contributed by atoms with Crippen LogP contribution in [-0.4, -0.2) is 17.4 Å². The third-order valence-electron chi connectivity index (χ3n) is 10.4. The predicted octanol–water partition coefficient (Wildman–Crippen LogP) is 10.3. The van der Waals surface area contributed by atoms with Crippen LogP contribution in [0.5, 0.6) is 0 Å². The number of hydrogen-bond donors (Lipinski definition) is 2. The average molecular weight is 843 g/mol. The summed E-state index contributed by atoms with van der Waals surface area (Å²) < 4.78 is -1.63. The zero-order chi connectivity index (χ0) is 34.1. The van der Waals surface area contributed by atoms with E-state index in [1.807, 2.05) is 0 Å². The number of allylic oxidation sites excluding steroid dienone is 2. The second-order valence-corrected chi connectivity index (χ2v) is 43.7. The molecule has 0 spiro atoms. The standard InChI is InChI=1S/2C19H19.C2H3BN2O2.2ClH.Hf/c2*1-3-7-15-12-16-9-6-11-18(19(16)13-15)17-10-5-4-8-14(17)2;6-1-4-3-5-2-7;;;/h2*4-6,8-13H,3,7H2,1-2H3;1-2H,(H-,4,5,6,7);2*1H;/q;;;;;+1/p-1. The molecule has 0 bridgehead atoms. The van der Waals surface area contributed by atoms with Gasteiger partial charge in [0.1, 0.15) is 0 Å². The van der Waals surface area contributed by atoms with Crippen LogP contribution in [0.2, 0.25) is 0 Å². The number of fused-ring (bicyclic) bond motifs is 2. The van der Waals surface area contributed by atoms with Crippen LogP contribution < -0.4 is 10.5 Å². The SMILES string of the molecule is CCCC1=Cc2c(-c3ccccc3C)cccc2[CH]1[Hf]([Cl])([Cl])([B](NC=O)NC=O)[CH]1C(CCC)=Cc2c(-c3ccccc3C)cccc21. The Kier molecular flexibility index (Phi) is 10.1. The third kappa shape index (κ3) is 5.68. The number of halogens is 2. The van der Waals surface area contributed by atoms with E-state index in [1.54, 1.807) is 0 Å². The Hall–Kier alpha value is -3.18. The van der Waals surface area contributed by atoms with Crippen molar-refractivity contribution in [2.24, 2.45) is 0 Å². The van der Waals surface area contributed by atoms with Gasteiger partial charge >= 0.3 is 295 Å². The normalized spacial score (nSPS) is 17.3. The number of aryl methyl sites for hydroxylation is 2. The Morgan fingerprint density at radius 3 is 1.40 bits per heavy atom. The molecular formula is C40H42BCl2HfN2O2. The molecule has 2 N–H and O–H groups in total. The van der Waals surface area contributed by atoms with Gasteiger partial charge in [-0.3, -0.25) is 0 Å². The second-order valence-electron chi connectivity index (χ2n) is 13.3. The molecule has 2 aliphatic rings. The molecule has 8 heteroatoms. The van der Waals surface area contributed by atoms with E-state index in [9.17, 15) is 9.59 Å². The maximum atomic E-state index is 12.4. The van der Waals surface area contributed by atoms with Gasteiger partial charge in [-0.05, 0) is 0 Å². The fraction of sp³-hybridized carbons (Fsp3) is 0.250. The predicted molar refractivity (Wildman–Crippen MR) is 200 cm³/mol. The summed E-state index contributed by atoms with van der Waals surface area (Å²) in [5.74, 6) is 0. The summed E-state index contributed by atoms with van der Waals surface area (Å²) in [7, 11) is 17.1. The van der Waals surface area contributed by atoms with Crippen molar-refractivity contribution in [2.75, 3.05) is 0 Å². The second kappa shape index (κ2) is 14.0. The van der Waals surface area contributed by atoms with Crippen molar-refractivity contribution in [1.29, 1.82) is 0 Å². The van der Waals surface area contributed by atoms with Crippen molar-refractivity contribution in [3.63, 3.8) is 0 Å². The van der Waals surface area contributed by atoms with Gasteiger partial charge in [0.15, 0.2) is 0 Å². The molecule has 0 aromatic heterocycles. The Morgan fingerprint density at radius 2 is 1.02 bits per heavy atom. The van der Waals surface area contributed by atoms with Crippen molar-refractivity contribution in [3.05, 3.63) is 129 Å². The number of hydrogen-bond acceptors (Lipinski definition) is 2. The number of benzene rings is 4. The maximum absolute atomic E-state index is 12.4. The average Bonchev–Trinajstić information content (AvgIpc) is 3.65. The van der Waals surface area contributed by atoms with Gasteiger partial charge in [-0.15, -0.1) is 0 Å². The first kappa shape index (κ1) is 34.7. The molecule has 2 atom stereocenters. The molecule has 4 aromatic carbocycles. The van der Waals surface area contributed by atoms with E-state index in [1.165, 1.54) is 22.3 Å². The topological polar surface area (TPSA) is 58.2 Å². The van der Waals surface area contributed by atoms with Crippen LogP contribution in [0.3, 0.4) is 0 Å². The van der Waals surface area contributed by atoms with E-state index < -0.39 is 20.5 Å². The molecule has 245 valence electrons. The fourth-order valence-corrected chi connectivity index (χ4v) is 38.1. The molecule has 0 fully saturated rings. The van der Waals surface area contributed by atoms with E-state index in [4.69, 9.17) is 17.2 Å². The van der Waals surface area contributed by atoms with Crippen LogP contribution in [0.4, 0.5) is 0 Å². The molecule has 4 aromatic rings. The quantitative estimate of drug-likeness (QED) is 0.104. The zero-order valence-electron chi connectivity index (χ0n) is 28.0. The molecule has 48 heavy (non-hydrogen) atoms. The molecule has 0 aliphatic heterocycles. The van der Waals surface area contributed by atoms with E-state index >= 15 is 0 Å². The van der Waals surface area contributed by atoms with Gasteiger partial charge < -0.3 is 0 Å². The van der Waals surface area contributed by atoms with Gasteiger partial charge in [-0.25, -0.2) is 0 Å². The Bertz CT molecular complexity index is 1820. The summed E-state index contributed by atoms with van der Waals surface area (Å²) in [4.78, 5) is 24.8. The first-order valence-electron chi connectivity index (χ1n) is 16.9. The number of rotatable bonds is 13. The van der Waals surface area contributed by atoms with Gasteiger partial charge in [0, 0.05) is 0 Å². The fourth-order valence-electron chi connectivity index (χ4n) is 8.46. The zero-order valence-corrected chi connectivity index (χ0v) is 33.1. The first-order valence-corrected chi connectivity index (χ1v) is 32.1. The van der Waals surface area contributed by atoms with Crippen molar-refractivity contribution >= 4 is 46.7 Å². The molecule has 0 heterocycles. The van der Waals surface area contributed by atoms with Crippen molar-refractivity contribution in [2.45, 2.75) is 60.7 Å². The summed E-state index contributed by atoms with van der Waals surface area (Å²) in [6, 6.07) is 29.7. The Balaban J connectivity index is 1.68.